The summed E-state index contributed by atoms with van der Waals surface area (Å²) < 4.78 is 15.1. The summed E-state index contributed by atoms with van der Waals surface area (Å²) in [4.78, 5) is 10.4. The van der Waals surface area contributed by atoms with Crippen molar-refractivity contribution in [2.24, 2.45) is 0 Å². The number of allylic oxidation sites excluding steroid dienone is 2. The minimum absolute atomic E-state index is 0.0902. The van der Waals surface area contributed by atoms with Gasteiger partial charge in [-0.1, -0.05) is 59.9 Å². The van der Waals surface area contributed by atoms with E-state index in [1.165, 1.54) is 16.9 Å². The summed E-state index contributed by atoms with van der Waals surface area (Å²) >= 11 is 1.42. The number of aliphatic hydroxyl groups is 1. The molecule has 4 aromatic rings. The number of fused-ring (bicyclic) bond motifs is 1. The van der Waals surface area contributed by atoms with Crippen molar-refractivity contribution in [2.45, 2.75) is 23.8 Å². The summed E-state index contributed by atoms with van der Waals surface area (Å²) in [5.41, 5.74) is 4.17. The molecule has 2 atom stereocenters. The van der Waals surface area contributed by atoms with Gasteiger partial charge in [-0.3, -0.25) is 0 Å². The molecule has 1 fully saturated rings. The van der Waals surface area contributed by atoms with Crippen LogP contribution in [0.2, 0.25) is 0 Å². The first-order valence-corrected chi connectivity index (χ1v) is 11.7. The Hall–Kier alpha value is -2.93. The molecule has 4 nitrogen and oxygen atoms in total. The second-order valence-electron chi connectivity index (χ2n) is 8.57. The van der Waals surface area contributed by atoms with E-state index in [4.69, 9.17) is 4.98 Å². The summed E-state index contributed by atoms with van der Waals surface area (Å²) in [5.74, 6) is -0.0469. The van der Waals surface area contributed by atoms with Gasteiger partial charge in [0, 0.05) is 18.2 Å². The topological polar surface area (TPSA) is 58.0 Å². The molecule has 0 saturated carbocycles. The number of nitrogens with zero attached hydrogens (tertiary/aromatic N) is 2. The molecular formula is C26H22FN3OS. The van der Waals surface area contributed by atoms with Crippen molar-refractivity contribution < 1.29 is 9.50 Å². The third-order valence-corrected chi connectivity index (χ3v) is 7.57. The maximum absolute atomic E-state index is 15.1. The van der Waals surface area contributed by atoms with Crippen molar-refractivity contribution in [3.63, 3.8) is 0 Å². The first-order chi connectivity index (χ1) is 15.7. The lowest BCUT2D eigenvalue weighted by atomic mass is 9.89. The molecule has 1 aliphatic heterocycles. The molecule has 3 heterocycles. The Morgan fingerprint density at radius 3 is 2.62 bits per heavy atom. The minimum Gasteiger partial charge on any atom is -0.395 e. The third-order valence-electron chi connectivity index (χ3n) is 6.57. The van der Waals surface area contributed by atoms with Crippen molar-refractivity contribution in [3.05, 3.63) is 95.5 Å². The second kappa shape index (κ2) is 7.59. The Labute approximate surface area is 189 Å². The van der Waals surface area contributed by atoms with Crippen molar-refractivity contribution in [1.29, 1.82) is 0 Å². The van der Waals surface area contributed by atoms with Crippen LogP contribution in [0.5, 0.6) is 0 Å². The van der Waals surface area contributed by atoms with E-state index in [1.54, 1.807) is 6.07 Å². The molecule has 1 aliphatic carbocycles. The zero-order chi connectivity index (χ0) is 21.7. The average Bonchev–Trinajstić information content (AvgIpc) is 3.30. The first-order valence-electron chi connectivity index (χ1n) is 10.8. The normalized spacial score (nSPS) is 21.3. The highest BCUT2D eigenvalue weighted by Crippen LogP contribution is 2.45. The molecule has 160 valence electrons. The molecule has 2 N–H and O–H groups in total. The van der Waals surface area contributed by atoms with E-state index in [9.17, 15) is 5.11 Å². The van der Waals surface area contributed by atoms with Crippen LogP contribution < -0.4 is 5.32 Å². The van der Waals surface area contributed by atoms with Crippen LogP contribution in [-0.4, -0.2) is 34.3 Å². The van der Waals surface area contributed by atoms with Gasteiger partial charge in [-0.05, 0) is 47.7 Å². The Morgan fingerprint density at radius 2 is 1.91 bits per heavy atom. The van der Waals surface area contributed by atoms with E-state index in [1.807, 2.05) is 42.5 Å². The molecule has 0 spiro atoms. The van der Waals surface area contributed by atoms with Crippen molar-refractivity contribution in [1.82, 2.24) is 15.3 Å². The number of nitrogens with one attached hydrogen (secondary N) is 1. The van der Waals surface area contributed by atoms with E-state index in [2.05, 4.69) is 34.6 Å². The summed E-state index contributed by atoms with van der Waals surface area (Å²) in [5, 5.41) is 13.3. The van der Waals surface area contributed by atoms with Gasteiger partial charge in [-0.15, -0.1) is 0 Å². The molecule has 2 aromatic carbocycles. The quantitative estimate of drug-likeness (QED) is 0.436. The number of halogens is 1. The molecular weight excluding hydrogens is 421 g/mol. The van der Waals surface area contributed by atoms with Gasteiger partial charge in [0.25, 0.3) is 0 Å². The molecule has 0 unspecified atom stereocenters. The summed E-state index contributed by atoms with van der Waals surface area (Å²) in [6, 6.07) is 19.8. The van der Waals surface area contributed by atoms with Crippen LogP contribution in [0.25, 0.3) is 20.9 Å². The van der Waals surface area contributed by atoms with E-state index in [-0.39, 0.29) is 29.8 Å². The van der Waals surface area contributed by atoms with Gasteiger partial charge in [0.1, 0.15) is 21.2 Å². The summed E-state index contributed by atoms with van der Waals surface area (Å²) in [6.07, 6.45) is 5.15. The van der Waals surface area contributed by atoms with Crippen LogP contribution in [-0.2, 0) is 5.41 Å². The Balaban J connectivity index is 1.31. The number of rotatable bonds is 5. The average molecular weight is 444 g/mol. The van der Waals surface area contributed by atoms with Crippen LogP contribution in [0.4, 0.5) is 4.39 Å². The predicted octanol–water partition coefficient (Wildman–Crippen LogP) is 4.79. The van der Waals surface area contributed by atoms with Crippen LogP contribution in [0, 0.1) is 5.82 Å². The monoisotopic (exact) mass is 443 g/mol. The second-order valence-corrected chi connectivity index (χ2v) is 9.55. The number of aliphatic hydroxyl groups excluding tert-OH is 1. The van der Waals surface area contributed by atoms with Gasteiger partial charge in [-0.2, -0.15) is 0 Å². The maximum Gasteiger partial charge on any atom is 0.144 e. The number of pyridine rings is 1. The van der Waals surface area contributed by atoms with Gasteiger partial charge in [0.05, 0.1) is 17.7 Å². The van der Waals surface area contributed by atoms with E-state index in [0.29, 0.717) is 10.6 Å². The maximum atomic E-state index is 15.1. The highest BCUT2D eigenvalue weighted by atomic mass is 32.1. The molecule has 6 heteroatoms. The molecule has 6 rings (SSSR count). The molecule has 0 radical (unpaired) electrons. The molecule has 0 bridgehead atoms. The predicted molar refractivity (Wildman–Crippen MR) is 125 cm³/mol. The number of aromatic nitrogens is 2. The molecule has 1 saturated heterocycles. The summed E-state index contributed by atoms with van der Waals surface area (Å²) in [7, 11) is 0. The standard InChI is InChI=1S/C26H22FN3OS/c27-21-13-16(17-12-19(15-31)28-14-17)6-7-20(21)24-29-22-8-9-23(30-25(22)32-24)26(10-11-26)18-4-2-1-3-5-18/h1-11,13,17,19,28,31H,12,14-15H2/t17-,19+/m1/s1. The van der Waals surface area contributed by atoms with Gasteiger partial charge in [0.2, 0.25) is 0 Å². The van der Waals surface area contributed by atoms with Gasteiger partial charge in [0.15, 0.2) is 0 Å². The zero-order valence-electron chi connectivity index (χ0n) is 17.3. The lowest BCUT2D eigenvalue weighted by molar-refractivity contribution is 0.254. The van der Waals surface area contributed by atoms with Crippen LogP contribution in [0.15, 0.2) is 72.8 Å². The van der Waals surface area contributed by atoms with Crippen molar-refractivity contribution >= 4 is 21.7 Å². The highest BCUT2D eigenvalue weighted by Gasteiger charge is 2.39. The molecule has 2 aliphatic rings. The van der Waals surface area contributed by atoms with Crippen LogP contribution in [0.3, 0.4) is 0 Å². The Bertz CT molecular complexity index is 1330. The molecule has 32 heavy (non-hydrogen) atoms. The number of hydrogen-bond acceptors (Lipinski definition) is 5. The van der Waals surface area contributed by atoms with Crippen molar-refractivity contribution in [3.8, 4) is 10.6 Å². The number of hydrogen-bond donors (Lipinski definition) is 2. The SMILES string of the molecule is OC[C@@H]1C[C@@H](c2ccc(-c3nc4ccc(C5(c6ccccc6)C=C5)nc4s3)c(F)c2)CN1. The van der Waals surface area contributed by atoms with Gasteiger partial charge >= 0.3 is 0 Å². The van der Waals surface area contributed by atoms with E-state index in [0.717, 1.165) is 34.6 Å². The van der Waals surface area contributed by atoms with Crippen LogP contribution in [0.1, 0.15) is 29.2 Å². The lowest BCUT2D eigenvalue weighted by Crippen LogP contribution is -2.24. The lowest BCUT2D eigenvalue weighted by Gasteiger charge is -2.15. The highest BCUT2D eigenvalue weighted by molar-refractivity contribution is 7.21. The van der Waals surface area contributed by atoms with E-state index < -0.39 is 0 Å². The van der Waals surface area contributed by atoms with Crippen molar-refractivity contribution in [2.75, 3.05) is 13.2 Å². The van der Waals surface area contributed by atoms with Gasteiger partial charge in [-0.25, -0.2) is 14.4 Å². The fourth-order valence-corrected chi connectivity index (χ4v) is 5.61. The zero-order valence-corrected chi connectivity index (χ0v) is 18.1. The molecule has 0 amide bonds. The summed E-state index contributed by atoms with van der Waals surface area (Å²) in [6.45, 7) is 0.869. The third kappa shape index (κ3) is 3.26. The smallest absolute Gasteiger partial charge is 0.144 e. The fraction of sp³-hybridized carbons (Fsp3) is 0.231. The van der Waals surface area contributed by atoms with Crippen LogP contribution >= 0.6 is 11.3 Å². The fourth-order valence-electron chi connectivity index (χ4n) is 4.64. The Morgan fingerprint density at radius 1 is 1.06 bits per heavy atom. The Kier molecular flexibility index (Phi) is 4.68. The number of thiazole rings is 1. The minimum atomic E-state index is -0.265. The van der Waals surface area contributed by atoms with Gasteiger partial charge < -0.3 is 10.4 Å². The first kappa shape index (κ1) is 19.7. The number of benzene rings is 2. The molecule has 2 aromatic heterocycles. The van der Waals surface area contributed by atoms with E-state index >= 15 is 4.39 Å². The largest absolute Gasteiger partial charge is 0.395 e.